The first-order valence-electron chi connectivity index (χ1n) is 5.22. The largest absolute Gasteiger partial charge is 0.416 e. The summed E-state index contributed by atoms with van der Waals surface area (Å²) in [6.45, 7) is 1.38. The second kappa shape index (κ2) is 5.26. The Bertz CT molecular complexity index is 534. The number of nitrogens with zero attached hydrogens (tertiary/aromatic N) is 2. The average molecular weight is 274 g/mol. The van der Waals surface area contributed by atoms with Crippen LogP contribution in [0.15, 0.2) is 18.2 Å². The quantitative estimate of drug-likeness (QED) is 0.778. The lowest BCUT2D eigenvalue weighted by atomic mass is 10.1. The fourth-order valence-electron chi connectivity index (χ4n) is 1.32. The van der Waals surface area contributed by atoms with E-state index in [0.29, 0.717) is 18.2 Å². The summed E-state index contributed by atoms with van der Waals surface area (Å²) in [4.78, 5) is 12.7. The van der Waals surface area contributed by atoms with Crippen LogP contribution in [0, 0.1) is 17.1 Å². The second-order valence-electron chi connectivity index (χ2n) is 3.91. The topological polar surface area (TPSA) is 44.1 Å². The van der Waals surface area contributed by atoms with Crippen molar-refractivity contribution in [1.82, 2.24) is 4.90 Å². The predicted octanol–water partition coefficient (Wildman–Crippen LogP) is 2.83. The summed E-state index contributed by atoms with van der Waals surface area (Å²) < 4.78 is 50.9. The number of amides is 1. The smallest absolute Gasteiger partial charge is 0.326 e. The lowest BCUT2D eigenvalue weighted by molar-refractivity contribution is -0.137. The third-order valence-corrected chi connectivity index (χ3v) is 2.61. The number of carbonyl (C=O) groups is 1. The van der Waals surface area contributed by atoms with Crippen LogP contribution in [0.2, 0.25) is 0 Å². The van der Waals surface area contributed by atoms with Crippen molar-refractivity contribution in [2.24, 2.45) is 0 Å². The Hall–Kier alpha value is -2.10. The maximum absolute atomic E-state index is 13.4. The van der Waals surface area contributed by atoms with Gasteiger partial charge in [-0.25, -0.2) is 4.39 Å². The molecule has 7 heteroatoms. The van der Waals surface area contributed by atoms with E-state index in [1.165, 1.54) is 14.0 Å². The van der Waals surface area contributed by atoms with Crippen molar-refractivity contribution in [3.63, 3.8) is 0 Å². The highest BCUT2D eigenvalue weighted by Crippen LogP contribution is 2.30. The highest BCUT2D eigenvalue weighted by molar-refractivity contribution is 5.94. The number of carbonyl (C=O) groups excluding carboxylic acids is 1. The molecule has 0 aliphatic carbocycles. The van der Waals surface area contributed by atoms with Crippen LogP contribution in [0.3, 0.4) is 0 Å². The third-order valence-electron chi connectivity index (χ3n) is 2.61. The van der Waals surface area contributed by atoms with Gasteiger partial charge in [-0.05, 0) is 25.1 Å². The van der Waals surface area contributed by atoms with Crippen molar-refractivity contribution >= 4 is 5.91 Å². The monoisotopic (exact) mass is 274 g/mol. The Morgan fingerprint density at radius 2 is 2.00 bits per heavy atom. The molecule has 0 aliphatic heterocycles. The second-order valence-corrected chi connectivity index (χ2v) is 3.91. The Kier molecular flexibility index (Phi) is 4.14. The summed E-state index contributed by atoms with van der Waals surface area (Å²) in [5.74, 6) is -2.03. The van der Waals surface area contributed by atoms with Crippen molar-refractivity contribution in [2.45, 2.75) is 19.1 Å². The van der Waals surface area contributed by atoms with E-state index in [4.69, 9.17) is 5.26 Å². The first kappa shape index (κ1) is 15.0. The van der Waals surface area contributed by atoms with Gasteiger partial charge in [-0.2, -0.15) is 18.4 Å². The number of benzene rings is 1. The first-order chi connectivity index (χ1) is 8.68. The molecular formula is C12H10F4N2O. The van der Waals surface area contributed by atoms with E-state index in [1.807, 2.05) is 0 Å². The van der Waals surface area contributed by atoms with Crippen LogP contribution in [0.1, 0.15) is 22.8 Å². The Morgan fingerprint density at radius 1 is 1.42 bits per heavy atom. The van der Waals surface area contributed by atoms with E-state index in [-0.39, 0.29) is 0 Å². The number of rotatable bonds is 2. The van der Waals surface area contributed by atoms with Crippen LogP contribution < -0.4 is 0 Å². The highest BCUT2D eigenvalue weighted by Gasteiger charge is 2.32. The first-order valence-corrected chi connectivity index (χ1v) is 5.22. The van der Waals surface area contributed by atoms with Gasteiger partial charge in [-0.15, -0.1) is 0 Å². The van der Waals surface area contributed by atoms with E-state index in [9.17, 15) is 22.4 Å². The SMILES string of the molecule is CC(C#N)N(C)C(=O)c1cc(C(F)(F)F)ccc1F. The molecule has 0 N–H and O–H groups in total. The van der Waals surface area contributed by atoms with Crippen molar-refractivity contribution in [1.29, 1.82) is 5.26 Å². The van der Waals surface area contributed by atoms with Crippen LogP contribution in [0.4, 0.5) is 17.6 Å². The van der Waals surface area contributed by atoms with Crippen molar-refractivity contribution in [3.05, 3.63) is 35.1 Å². The zero-order valence-electron chi connectivity index (χ0n) is 10.1. The minimum atomic E-state index is -4.66. The molecule has 0 fully saturated rings. The van der Waals surface area contributed by atoms with Gasteiger partial charge in [-0.3, -0.25) is 4.79 Å². The zero-order chi connectivity index (χ0) is 14.8. The predicted molar refractivity (Wildman–Crippen MR) is 58.6 cm³/mol. The average Bonchev–Trinajstić information content (AvgIpc) is 2.35. The van der Waals surface area contributed by atoms with Gasteiger partial charge < -0.3 is 4.90 Å². The Morgan fingerprint density at radius 3 is 2.47 bits per heavy atom. The van der Waals surface area contributed by atoms with Gasteiger partial charge in [0.25, 0.3) is 5.91 Å². The molecule has 1 aromatic rings. The molecule has 0 saturated carbocycles. The molecule has 1 unspecified atom stereocenters. The molecule has 0 saturated heterocycles. The molecule has 1 atom stereocenters. The molecule has 0 aromatic heterocycles. The highest BCUT2D eigenvalue weighted by atomic mass is 19.4. The van der Waals surface area contributed by atoms with Crippen LogP contribution in [-0.4, -0.2) is 23.9 Å². The Balaban J connectivity index is 3.21. The van der Waals surface area contributed by atoms with Gasteiger partial charge in [0.1, 0.15) is 11.9 Å². The number of halogens is 4. The van der Waals surface area contributed by atoms with E-state index >= 15 is 0 Å². The van der Waals surface area contributed by atoms with Gasteiger partial charge in [0.2, 0.25) is 0 Å². The minimum absolute atomic E-state index is 0.443. The molecule has 1 aromatic carbocycles. The summed E-state index contributed by atoms with van der Waals surface area (Å²) in [6.07, 6.45) is -4.66. The molecule has 0 bridgehead atoms. The summed E-state index contributed by atoms with van der Waals surface area (Å²) in [7, 11) is 1.22. The number of alkyl halides is 3. The normalized spacial score (nSPS) is 12.7. The standard InChI is InChI=1S/C12H10F4N2O/c1-7(6-17)18(2)11(19)9-5-8(12(14,15)16)3-4-10(9)13/h3-5,7H,1-2H3. The van der Waals surface area contributed by atoms with E-state index in [0.717, 1.165) is 4.90 Å². The van der Waals surface area contributed by atoms with Crippen LogP contribution in [0.25, 0.3) is 0 Å². The molecule has 1 rings (SSSR count). The van der Waals surface area contributed by atoms with Gasteiger partial charge >= 0.3 is 6.18 Å². The lowest BCUT2D eigenvalue weighted by Gasteiger charge is -2.20. The molecule has 0 spiro atoms. The maximum Gasteiger partial charge on any atom is 0.416 e. The third kappa shape index (κ3) is 3.22. The molecule has 0 radical (unpaired) electrons. The van der Waals surface area contributed by atoms with Gasteiger partial charge in [0.05, 0.1) is 17.2 Å². The molecule has 0 heterocycles. The maximum atomic E-state index is 13.4. The van der Waals surface area contributed by atoms with E-state index < -0.39 is 35.1 Å². The van der Waals surface area contributed by atoms with E-state index in [1.54, 1.807) is 6.07 Å². The van der Waals surface area contributed by atoms with Crippen molar-refractivity contribution in [3.8, 4) is 6.07 Å². The van der Waals surface area contributed by atoms with Crippen LogP contribution in [0.5, 0.6) is 0 Å². The molecule has 0 aliphatic rings. The molecule has 102 valence electrons. The number of hydrogen-bond donors (Lipinski definition) is 0. The molecule has 19 heavy (non-hydrogen) atoms. The molecular weight excluding hydrogens is 264 g/mol. The zero-order valence-corrected chi connectivity index (χ0v) is 10.1. The summed E-state index contributed by atoms with van der Waals surface area (Å²) >= 11 is 0. The summed E-state index contributed by atoms with van der Waals surface area (Å²) in [5.41, 5.74) is -1.82. The van der Waals surface area contributed by atoms with Crippen LogP contribution in [-0.2, 0) is 6.18 Å². The van der Waals surface area contributed by atoms with Crippen molar-refractivity contribution < 1.29 is 22.4 Å². The fraction of sp³-hybridized carbons (Fsp3) is 0.333. The van der Waals surface area contributed by atoms with Gasteiger partial charge in [-0.1, -0.05) is 0 Å². The summed E-state index contributed by atoms with van der Waals surface area (Å²) in [5, 5.41) is 8.64. The molecule has 3 nitrogen and oxygen atoms in total. The van der Waals surface area contributed by atoms with Gasteiger partial charge in [0.15, 0.2) is 0 Å². The summed E-state index contributed by atoms with van der Waals surface area (Å²) in [6, 6.07) is 2.45. The van der Waals surface area contributed by atoms with Crippen LogP contribution >= 0.6 is 0 Å². The van der Waals surface area contributed by atoms with Crippen molar-refractivity contribution in [2.75, 3.05) is 7.05 Å². The minimum Gasteiger partial charge on any atom is -0.326 e. The van der Waals surface area contributed by atoms with Gasteiger partial charge in [0, 0.05) is 7.05 Å². The Labute approximate surface area is 107 Å². The fourth-order valence-corrected chi connectivity index (χ4v) is 1.32. The molecule has 1 amide bonds. The number of nitriles is 1. The lowest BCUT2D eigenvalue weighted by Crippen LogP contribution is -2.34. The number of hydrogen-bond acceptors (Lipinski definition) is 2. The van der Waals surface area contributed by atoms with E-state index in [2.05, 4.69) is 0 Å².